The highest BCUT2D eigenvalue weighted by atomic mass is 16.5. The van der Waals surface area contributed by atoms with Gasteiger partial charge in [-0.05, 0) is 13.8 Å². The van der Waals surface area contributed by atoms with Crippen molar-refractivity contribution < 1.29 is 14.6 Å². The smallest absolute Gasteiger partial charge is 0.332 e. The van der Waals surface area contributed by atoms with E-state index in [1.165, 1.54) is 13.8 Å². The SMILES string of the molecule is CC(C#N)OC(C)C(=O)O. The van der Waals surface area contributed by atoms with Gasteiger partial charge < -0.3 is 9.84 Å². The molecule has 0 aliphatic rings. The van der Waals surface area contributed by atoms with Crippen molar-refractivity contribution in [1.29, 1.82) is 5.26 Å². The number of nitrogens with zero attached hydrogens (tertiary/aromatic N) is 1. The van der Waals surface area contributed by atoms with E-state index in [0.29, 0.717) is 0 Å². The number of carboxylic acids is 1. The van der Waals surface area contributed by atoms with Gasteiger partial charge in [0.25, 0.3) is 0 Å². The minimum atomic E-state index is -1.05. The predicted octanol–water partition coefficient (Wildman–Crippen LogP) is 0.388. The van der Waals surface area contributed by atoms with Gasteiger partial charge in [-0.3, -0.25) is 0 Å². The molecule has 1 N–H and O–H groups in total. The van der Waals surface area contributed by atoms with Gasteiger partial charge in [0.2, 0.25) is 0 Å². The Hall–Kier alpha value is -1.08. The van der Waals surface area contributed by atoms with E-state index in [9.17, 15) is 4.79 Å². The van der Waals surface area contributed by atoms with Gasteiger partial charge in [-0.15, -0.1) is 0 Å². The summed E-state index contributed by atoms with van der Waals surface area (Å²) in [4.78, 5) is 10.1. The van der Waals surface area contributed by atoms with Crippen molar-refractivity contribution in [2.24, 2.45) is 0 Å². The molecule has 0 aromatic heterocycles. The van der Waals surface area contributed by atoms with Crippen molar-refractivity contribution in [2.75, 3.05) is 0 Å². The summed E-state index contributed by atoms with van der Waals surface area (Å²) in [5.74, 6) is -1.05. The van der Waals surface area contributed by atoms with Gasteiger partial charge in [0.15, 0.2) is 6.10 Å². The lowest BCUT2D eigenvalue weighted by molar-refractivity contribution is -0.150. The molecule has 0 fully saturated rings. The summed E-state index contributed by atoms with van der Waals surface area (Å²) < 4.78 is 4.70. The Morgan fingerprint density at radius 3 is 2.50 bits per heavy atom. The molecule has 0 saturated heterocycles. The fourth-order valence-corrected chi connectivity index (χ4v) is 0.395. The van der Waals surface area contributed by atoms with Gasteiger partial charge in [0, 0.05) is 0 Å². The van der Waals surface area contributed by atoms with E-state index in [2.05, 4.69) is 0 Å². The third kappa shape index (κ3) is 3.05. The molecule has 0 radical (unpaired) electrons. The minimum absolute atomic E-state index is 0.661. The Morgan fingerprint density at radius 1 is 1.70 bits per heavy atom. The topological polar surface area (TPSA) is 70.3 Å². The Morgan fingerprint density at radius 2 is 2.20 bits per heavy atom. The van der Waals surface area contributed by atoms with Crippen LogP contribution >= 0.6 is 0 Å². The molecule has 2 unspecified atom stereocenters. The van der Waals surface area contributed by atoms with Crippen LogP contribution in [0.5, 0.6) is 0 Å². The Labute approximate surface area is 59.0 Å². The van der Waals surface area contributed by atoms with Gasteiger partial charge in [-0.25, -0.2) is 4.79 Å². The lowest BCUT2D eigenvalue weighted by Gasteiger charge is -2.08. The molecule has 4 nitrogen and oxygen atoms in total. The van der Waals surface area contributed by atoms with E-state index in [1.54, 1.807) is 6.07 Å². The molecule has 0 rings (SSSR count). The summed E-state index contributed by atoms with van der Waals surface area (Å²) in [6.45, 7) is 2.88. The summed E-state index contributed by atoms with van der Waals surface area (Å²) in [7, 11) is 0. The average molecular weight is 143 g/mol. The molecule has 0 bridgehead atoms. The number of carbonyl (C=O) groups is 1. The maximum absolute atomic E-state index is 10.1. The highest BCUT2D eigenvalue weighted by molar-refractivity contribution is 5.71. The van der Waals surface area contributed by atoms with Crippen molar-refractivity contribution in [3.63, 3.8) is 0 Å². The molecule has 0 spiro atoms. The van der Waals surface area contributed by atoms with E-state index in [1.807, 2.05) is 0 Å². The molecule has 0 saturated carbocycles. The molecule has 56 valence electrons. The van der Waals surface area contributed by atoms with Crippen molar-refractivity contribution >= 4 is 5.97 Å². The van der Waals surface area contributed by atoms with Crippen LogP contribution in [0.1, 0.15) is 13.8 Å². The molecular formula is C6H9NO3. The highest BCUT2D eigenvalue weighted by Crippen LogP contribution is 1.95. The summed E-state index contributed by atoms with van der Waals surface area (Å²) in [6.07, 6.45) is -1.57. The van der Waals surface area contributed by atoms with E-state index in [4.69, 9.17) is 15.1 Å². The molecule has 0 aliphatic heterocycles. The standard InChI is InChI=1S/C6H9NO3/c1-4(3-7)10-5(2)6(8)9/h4-5H,1-2H3,(H,8,9). The average Bonchev–Trinajstić information content (AvgIpc) is 1.87. The van der Waals surface area contributed by atoms with E-state index < -0.39 is 18.2 Å². The zero-order chi connectivity index (χ0) is 8.15. The second-order valence-electron chi connectivity index (χ2n) is 1.89. The third-order valence-electron chi connectivity index (χ3n) is 0.938. The third-order valence-corrected chi connectivity index (χ3v) is 0.938. The fourth-order valence-electron chi connectivity index (χ4n) is 0.395. The van der Waals surface area contributed by atoms with Crippen LogP contribution in [-0.2, 0) is 9.53 Å². The van der Waals surface area contributed by atoms with Gasteiger partial charge >= 0.3 is 5.97 Å². The molecule has 0 aromatic rings. The van der Waals surface area contributed by atoms with Crippen molar-refractivity contribution in [3.05, 3.63) is 0 Å². The first-order chi connectivity index (χ1) is 4.57. The maximum atomic E-state index is 10.1. The first-order valence-corrected chi connectivity index (χ1v) is 2.85. The van der Waals surface area contributed by atoms with Crippen LogP contribution in [0.25, 0.3) is 0 Å². The molecule has 0 heterocycles. The highest BCUT2D eigenvalue weighted by Gasteiger charge is 2.13. The molecule has 10 heavy (non-hydrogen) atoms. The second kappa shape index (κ2) is 3.85. The Bertz CT molecular complexity index is 161. The van der Waals surface area contributed by atoms with Crippen molar-refractivity contribution in [1.82, 2.24) is 0 Å². The molecule has 0 amide bonds. The normalized spacial score (nSPS) is 15.3. The fraction of sp³-hybridized carbons (Fsp3) is 0.667. The Kier molecular flexibility index (Phi) is 3.44. The molecule has 0 aromatic carbocycles. The monoisotopic (exact) mass is 143 g/mol. The van der Waals surface area contributed by atoms with Crippen LogP contribution in [0.15, 0.2) is 0 Å². The van der Waals surface area contributed by atoms with E-state index in [-0.39, 0.29) is 0 Å². The van der Waals surface area contributed by atoms with Crippen LogP contribution in [0, 0.1) is 11.3 Å². The van der Waals surface area contributed by atoms with Gasteiger partial charge in [0.05, 0.1) is 6.07 Å². The summed E-state index contributed by atoms with van der Waals surface area (Å²) in [5, 5.41) is 16.5. The number of carboxylic acid groups (broad SMARTS) is 1. The molecule has 0 aliphatic carbocycles. The zero-order valence-electron chi connectivity index (χ0n) is 5.87. The Balaban J connectivity index is 3.70. The number of ether oxygens (including phenoxy) is 1. The first kappa shape index (κ1) is 8.92. The van der Waals surface area contributed by atoms with Crippen LogP contribution in [-0.4, -0.2) is 23.3 Å². The van der Waals surface area contributed by atoms with Crippen LogP contribution in [0.4, 0.5) is 0 Å². The van der Waals surface area contributed by atoms with Gasteiger partial charge in [-0.2, -0.15) is 5.26 Å². The van der Waals surface area contributed by atoms with Gasteiger partial charge in [0.1, 0.15) is 6.10 Å². The first-order valence-electron chi connectivity index (χ1n) is 2.85. The number of rotatable bonds is 3. The van der Waals surface area contributed by atoms with Crippen LogP contribution in [0.3, 0.4) is 0 Å². The molecule has 4 heteroatoms. The number of nitriles is 1. The van der Waals surface area contributed by atoms with Crippen LogP contribution < -0.4 is 0 Å². The largest absolute Gasteiger partial charge is 0.479 e. The lowest BCUT2D eigenvalue weighted by Crippen LogP contribution is -2.23. The molecular weight excluding hydrogens is 134 g/mol. The van der Waals surface area contributed by atoms with E-state index >= 15 is 0 Å². The zero-order valence-corrected chi connectivity index (χ0v) is 5.87. The van der Waals surface area contributed by atoms with Crippen molar-refractivity contribution in [3.8, 4) is 6.07 Å². The maximum Gasteiger partial charge on any atom is 0.332 e. The molecule has 2 atom stereocenters. The quantitative estimate of drug-likeness (QED) is 0.620. The second-order valence-corrected chi connectivity index (χ2v) is 1.89. The van der Waals surface area contributed by atoms with Gasteiger partial charge in [-0.1, -0.05) is 0 Å². The van der Waals surface area contributed by atoms with Crippen LogP contribution in [0.2, 0.25) is 0 Å². The summed E-state index contributed by atoms with van der Waals surface area (Å²) in [6, 6.07) is 1.77. The number of aliphatic carboxylic acids is 1. The van der Waals surface area contributed by atoms with Crippen molar-refractivity contribution in [2.45, 2.75) is 26.1 Å². The number of hydrogen-bond donors (Lipinski definition) is 1. The predicted molar refractivity (Wildman–Crippen MR) is 33.3 cm³/mol. The lowest BCUT2D eigenvalue weighted by atomic mass is 10.4. The summed E-state index contributed by atoms with van der Waals surface area (Å²) >= 11 is 0. The summed E-state index contributed by atoms with van der Waals surface area (Å²) in [5.41, 5.74) is 0. The number of hydrogen-bond acceptors (Lipinski definition) is 3. The minimum Gasteiger partial charge on any atom is -0.479 e. The van der Waals surface area contributed by atoms with E-state index in [0.717, 1.165) is 0 Å².